The SMILES string of the molecule is SCCSCCSCCCOc1ccc(Sc2ccc(OCCCSCCSCCS)cc2)cc1. The molecule has 0 saturated heterocycles. The van der Waals surface area contributed by atoms with Gasteiger partial charge in [-0.05, 0) is 84.4 Å². The van der Waals surface area contributed by atoms with Crippen LogP contribution in [0.4, 0.5) is 0 Å². The Morgan fingerprint density at radius 3 is 1.23 bits per heavy atom. The molecule has 196 valence electrons. The van der Waals surface area contributed by atoms with Crippen molar-refractivity contribution < 1.29 is 9.47 Å². The summed E-state index contributed by atoms with van der Waals surface area (Å²) >= 11 is 18.2. The van der Waals surface area contributed by atoms with Crippen LogP contribution < -0.4 is 9.47 Å². The van der Waals surface area contributed by atoms with Crippen LogP contribution in [0.1, 0.15) is 12.8 Å². The molecule has 0 unspecified atom stereocenters. The average Bonchev–Trinajstić information content (AvgIpc) is 2.88. The number of benzene rings is 2. The molecule has 35 heavy (non-hydrogen) atoms. The van der Waals surface area contributed by atoms with Gasteiger partial charge in [0, 0.05) is 44.3 Å². The summed E-state index contributed by atoms with van der Waals surface area (Å²) in [5.74, 6) is 13.3. The van der Waals surface area contributed by atoms with Crippen molar-refractivity contribution in [3.63, 3.8) is 0 Å². The van der Waals surface area contributed by atoms with Crippen LogP contribution in [0.2, 0.25) is 0 Å². The molecular formula is C26H38O2S7. The first-order valence-electron chi connectivity index (χ1n) is 12.0. The molecule has 9 heteroatoms. The third-order valence-corrected chi connectivity index (χ3v) is 11.2. The summed E-state index contributed by atoms with van der Waals surface area (Å²) < 4.78 is 11.8. The van der Waals surface area contributed by atoms with Crippen LogP contribution >= 0.6 is 84.1 Å². The molecule has 0 heterocycles. The van der Waals surface area contributed by atoms with E-state index >= 15 is 0 Å². The van der Waals surface area contributed by atoms with Crippen molar-refractivity contribution in [2.75, 3.05) is 70.7 Å². The van der Waals surface area contributed by atoms with Crippen molar-refractivity contribution >= 4 is 84.1 Å². The average molecular weight is 607 g/mol. The van der Waals surface area contributed by atoms with Gasteiger partial charge in [0.25, 0.3) is 0 Å². The second-order valence-corrected chi connectivity index (χ2v) is 14.3. The molecule has 0 fully saturated rings. The minimum Gasteiger partial charge on any atom is -0.494 e. The zero-order valence-electron chi connectivity index (χ0n) is 20.3. The van der Waals surface area contributed by atoms with Crippen molar-refractivity contribution in [3.8, 4) is 11.5 Å². The quantitative estimate of drug-likeness (QED) is 0.103. The molecule has 0 N–H and O–H groups in total. The van der Waals surface area contributed by atoms with Crippen molar-refractivity contribution in [2.45, 2.75) is 22.6 Å². The summed E-state index contributed by atoms with van der Waals surface area (Å²) in [4.78, 5) is 2.43. The van der Waals surface area contributed by atoms with E-state index in [4.69, 9.17) is 9.47 Å². The highest BCUT2D eigenvalue weighted by Gasteiger charge is 2.01. The second kappa shape index (κ2) is 22.5. The molecule has 2 aromatic rings. The van der Waals surface area contributed by atoms with E-state index < -0.39 is 0 Å². The predicted molar refractivity (Wildman–Crippen MR) is 174 cm³/mol. The minimum absolute atomic E-state index is 0.777. The summed E-state index contributed by atoms with van der Waals surface area (Å²) in [6, 6.07) is 16.8. The third kappa shape index (κ3) is 16.8. The number of hydrogen-bond acceptors (Lipinski definition) is 9. The van der Waals surface area contributed by atoms with Crippen LogP contribution in [0, 0.1) is 0 Å². The highest BCUT2D eigenvalue weighted by molar-refractivity contribution is 8.03. The smallest absolute Gasteiger partial charge is 0.119 e. The largest absolute Gasteiger partial charge is 0.494 e. The lowest BCUT2D eigenvalue weighted by atomic mass is 10.3. The Bertz CT molecular complexity index is 681. The molecule has 0 aliphatic carbocycles. The molecule has 0 radical (unpaired) electrons. The first-order valence-corrected chi connectivity index (χ1v) is 18.7. The number of hydrogen-bond donors (Lipinski definition) is 2. The van der Waals surface area contributed by atoms with E-state index in [2.05, 4.69) is 73.8 Å². The van der Waals surface area contributed by atoms with Gasteiger partial charge >= 0.3 is 0 Å². The maximum absolute atomic E-state index is 5.90. The maximum atomic E-state index is 5.90. The van der Waals surface area contributed by atoms with Gasteiger partial charge in [0.1, 0.15) is 11.5 Å². The number of ether oxygens (including phenoxy) is 2. The monoisotopic (exact) mass is 606 g/mol. The van der Waals surface area contributed by atoms with Crippen LogP contribution in [-0.2, 0) is 0 Å². The second-order valence-electron chi connectivity index (χ2n) is 7.35. The number of rotatable bonds is 22. The predicted octanol–water partition coefficient (Wildman–Crippen LogP) is 8.17. The molecular weight excluding hydrogens is 569 g/mol. The van der Waals surface area contributed by atoms with Crippen molar-refractivity contribution in [2.24, 2.45) is 0 Å². The molecule has 0 saturated carbocycles. The zero-order valence-corrected chi connectivity index (χ0v) is 26.1. The Morgan fingerprint density at radius 1 is 0.486 bits per heavy atom. The standard InChI is InChI=1S/C26H38O2S7/c29-13-17-33-21-19-31-15-1-11-27-23-3-7-25(8-4-23)35-26-9-5-24(6-10-26)28-12-2-16-32-20-22-34-18-14-30/h3-10,29-30H,1-2,11-22H2. The Hall–Kier alpha value is 0.490. The summed E-state index contributed by atoms with van der Waals surface area (Å²) in [5.41, 5.74) is 0. The first kappa shape index (κ1) is 31.7. The summed E-state index contributed by atoms with van der Waals surface area (Å²) in [6.07, 6.45) is 2.17. The van der Waals surface area contributed by atoms with Crippen molar-refractivity contribution in [3.05, 3.63) is 48.5 Å². The molecule has 0 aliphatic heterocycles. The van der Waals surface area contributed by atoms with Crippen molar-refractivity contribution in [1.82, 2.24) is 0 Å². The molecule has 0 aromatic heterocycles. The van der Waals surface area contributed by atoms with E-state index in [1.165, 1.54) is 32.8 Å². The van der Waals surface area contributed by atoms with Crippen LogP contribution in [-0.4, -0.2) is 70.7 Å². The Labute approximate surface area is 245 Å². The van der Waals surface area contributed by atoms with E-state index in [1.54, 1.807) is 11.8 Å². The fourth-order valence-corrected chi connectivity index (χ4v) is 8.01. The van der Waals surface area contributed by atoms with Gasteiger partial charge in [-0.3, -0.25) is 0 Å². The topological polar surface area (TPSA) is 18.5 Å². The van der Waals surface area contributed by atoms with Crippen LogP contribution in [0.25, 0.3) is 0 Å². The lowest BCUT2D eigenvalue weighted by molar-refractivity contribution is 0.318. The van der Waals surface area contributed by atoms with E-state index in [1.807, 2.05) is 47.0 Å². The molecule has 0 atom stereocenters. The molecule has 0 bridgehead atoms. The Balaban J connectivity index is 1.54. The molecule has 2 nitrogen and oxygen atoms in total. The van der Waals surface area contributed by atoms with Crippen LogP contribution in [0.15, 0.2) is 58.3 Å². The lowest BCUT2D eigenvalue weighted by Gasteiger charge is -2.09. The number of thioether (sulfide) groups is 4. The zero-order chi connectivity index (χ0) is 24.8. The van der Waals surface area contributed by atoms with Gasteiger partial charge in [0.2, 0.25) is 0 Å². The third-order valence-electron chi connectivity index (χ3n) is 4.50. The van der Waals surface area contributed by atoms with Gasteiger partial charge in [-0.25, -0.2) is 0 Å². The van der Waals surface area contributed by atoms with Gasteiger partial charge in [-0.15, -0.1) is 0 Å². The van der Waals surface area contributed by atoms with E-state index in [0.717, 1.165) is 72.1 Å². The van der Waals surface area contributed by atoms with Gasteiger partial charge in [0.05, 0.1) is 13.2 Å². The lowest BCUT2D eigenvalue weighted by Crippen LogP contribution is -1.99. The van der Waals surface area contributed by atoms with Gasteiger partial charge in [-0.1, -0.05) is 11.8 Å². The Morgan fingerprint density at radius 2 is 0.857 bits per heavy atom. The highest BCUT2D eigenvalue weighted by Crippen LogP contribution is 2.30. The minimum atomic E-state index is 0.777. The van der Waals surface area contributed by atoms with E-state index in [0.29, 0.717) is 0 Å². The molecule has 2 rings (SSSR count). The summed E-state index contributed by atoms with van der Waals surface area (Å²) in [7, 11) is 0. The highest BCUT2D eigenvalue weighted by atomic mass is 32.2. The normalized spacial score (nSPS) is 11.0. The number of thiol groups is 2. The Kier molecular flexibility index (Phi) is 20.4. The van der Waals surface area contributed by atoms with Gasteiger partial charge in [0.15, 0.2) is 0 Å². The fourth-order valence-electron chi connectivity index (χ4n) is 2.82. The van der Waals surface area contributed by atoms with Crippen molar-refractivity contribution in [1.29, 1.82) is 0 Å². The van der Waals surface area contributed by atoms with Crippen LogP contribution in [0.5, 0.6) is 11.5 Å². The van der Waals surface area contributed by atoms with Gasteiger partial charge < -0.3 is 9.47 Å². The molecule has 0 spiro atoms. The molecule has 0 amide bonds. The maximum Gasteiger partial charge on any atom is 0.119 e. The molecule has 2 aromatic carbocycles. The molecule has 0 aliphatic rings. The van der Waals surface area contributed by atoms with Gasteiger partial charge in [-0.2, -0.15) is 72.3 Å². The summed E-state index contributed by atoms with van der Waals surface area (Å²) in [6.45, 7) is 1.55. The van der Waals surface area contributed by atoms with Crippen LogP contribution in [0.3, 0.4) is 0 Å². The summed E-state index contributed by atoms with van der Waals surface area (Å²) in [5, 5.41) is 0. The first-order chi connectivity index (χ1) is 17.3. The van der Waals surface area contributed by atoms with E-state index in [9.17, 15) is 0 Å². The van der Waals surface area contributed by atoms with E-state index in [-0.39, 0.29) is 0 Å². The fraction of sp³-hybridized carbons (Fsp3) is 0.538.